The van der Waals surface area contributed by atoms with Gasteiger partial charge in [-0.25, -0.2) is 9.97 Å². The molecule has 0 aliphatic carbocycles. The Morgan fingerprint density at radius 1 is 1.14 bits per heavy atom. The van der Waals surface area contributed by atoms with Crippen LogP contribution in [0.25, 0.3) is 10.7 Å². The SMILES string of the molecule is Cc1nc(-c2ccccn2)sc1C(=O)Nc1ccccc1OCc1cscn1. The van der Waals surface area contributed by atoms with Crippen LogP contribution in [0.3, 0.4) is 0 Å². The molecule has 4 aromatic rings. The van der Waals surface area contributed by atoms with E-state index in [1.165, 1.54) is 22.7 Å². The van der Waals surface area contributed by atoms with Gasteiger partial charge in [0.15, 0.2) is 0 Å². The molecule has 0 aliphatic rings. The molecule has 3 aromatic heterocycles. The Labute approximate surface area is 169 Å². The number of carbonyl (C=O) groups excluding carboxylic acids is 1. The summed E-state index contributed by atoms with van der Waals surface area (Å²) in [6.45, 7) is 2.17. The largest absolute Gasteiger partial charge is 0.485 e. The highest BCUT2D eigenvalue weighted by atomic mass is 32.1. The van der Waals surface area contributed by atoms with Gasteiger partial charge >= 0.3 is 0 Å². The molecule has 0 bridgehead atoms. The Balaban J connectivity index is 1.52. The van der Waals surface area contributed by atoms with Crippen molar-refractivity contribution in [3.63, 3.8) is 0 Å². The Hall–Kier alpha value is -3.10. The molecular weight excluding hydrogens is 392 g/mol. The van der Waals surface area contributed by atoms with E-state index < -0.39 is 0 Å². The van der Waals surface area contributed by atoms with E-state index in [2.05, 4.69) is 20.3 Å². The topological polar surface area (TPSA) is 77.0 Å². The van der Waals surface area contributed by atoms with Crippen LogP contribution in [0.5, 0.6) is 5.75 Å². The lowest BCUT2D eigenvalue weighted by Gasteiger charge is -2.11. The van der Waals surface area contributed by atoms with Crippen LogP contribution < -0.4 is 10.1 Å². The van der Waals surface area contributed by atoms with Crippen LogP contribution >= 0.6 is 22.7 Å². The minimum absolute atomic E-state index is 0.220. The Morgan fingerprint density at radius 2 is 2.00 bits per heavy atom. The molecule has 0 saturated heterocycles. The van der Waals surface area contributed by atoms with Gasteiger partial charge in [-0.15, -0.1) is 22.7 Å². The molecule has 0 unspecified atom stereocenters. The average Bonchev–Trinajstić information content (AvgIpc) is 3.37. The number of hydrogen-bond donors (Lipinski definition) is 1. The van der Waals surface area contributed by atoms with Crippen molar-refractivity contribution in [3.8, 4) is 16.5 Å². The highest BCUT2D eigenvalue weighted by Gasteiger charge is 2.18. The molecule has 1 aromatic carbocycles. The standard InChI is InChI=1S/C20H16N4O2S2/c1-13-18(28-20(23-13)16-7-4-5-9-21-16)19(25)24-15-6-2-3-8-17(15)26-10-14-11-27-12-22-14/h2-9,11-12H,10H2,1H3,(H,24,25). The van der Waals surface area contributed by atoms with E-state index in [4.69, 9.17) is 4.74 Å². The average molecular weight is 409 g/mol. The van der Waals surface area contributed by atoms with Gasteiger partial charge < -0.3 is 10.1 Å². The van der Waals surface area contributed by atoms with E-state index >= 15 is 0 Å². The van der Waals surface area contributed by atoms with Crippen LogP contribution in [-0.4, -0.2) is 20.9 Å². The molecule has 28 heavy (non-hydrogen) atoms. The van der Waals surface area contributed by atoms with Gasteiger partial charge in [0.1, 0.15) is 22.2 Å². The molecule has 0 aliphatic heterocycles. The second-order valence-electron chi connectivity index (χ2n) is 5.87. The number of aryl methyl sites for hydroxylation is 1. The van der Waals surface area contributed by atoms with Gasteiger partial charge in [0.05, 0.1) is 28.3 Å². The maximum atomic E-state index is 12.8. The number of hydrogen-bond acceptors (Lipinski definition) is 7. The van der Waals surface area contributed by atoms with E-state index in [0.717, 1.165) is 16.4 Å². The predicted octanol–water partition coefficient (Wildman–Crippen LogP) is 4.80. The lowest BCUT2D eigenvalue weighted by Crippen LogP contribution is -2.12. The smallest absolute Gasteiger partial charge is 0.267 e. The molecule has 4 rings (SSSR count). The number of pyridine rings is 1. The van der Waals surface area contributed by atoms with Crippen LogP contribution in [0.2, 0.25) is 0 Å². The first-order valence-electron chi connectivity index (χ1n) is 8.50. The van der Waals surface area contributed by atoms with Crippen LogP contribution in [0, 0.1) is 6.92 Å². The number of anilines is 1. The van der Waals surface area contributed by atoms with Crippen molar-refractivity contribution < 1.29 is 9.53 Å². The summed E-state index contributed by atoms with van der Waals surface area (Å²) in [5, 5.41) is 5.58. The second-order valence-corrected chi connectivity index (χ2v) is 7.59. The molecule has 140 valence electrons. The number of amides is 1. The third-order valence-electron chi connectivity index (χ3n) is 3.88. The lowest BCUT2D eigenvalue weighted by molar-refractivity contribution is 0.102. The first-order chi connectivity index (χ1) is 13.7. The van der Waals surface area contributed by atoms with Crippen molar-refractivity contribution in [2.45, 2.75) is 13.5 Å². The number of nitrogens with zero attached hydrogens (tertiary/aromatic N) is 3. The fourth-order valence-electron chi connectivity index (χ4n) is 2.54. The van der Waals surface area contributed by atoms with Crippen molar-refractivity contribution >= 4 is 34.3 Å². The number of aromatic nitrogens is 3. The zero-order valence-corrected chi connectivity index (χ0v) is 16.6. The molecule has 0 spiro atoms. The second kappa shape index (κ2) is 8.28. The van der Waals surface area contributed by atoms with Crippen molar-refractivity contribution in [2.24, 2.45) is 0 Å². The summed E-state index contributed by atoms with van der Waals surface area (Å²) < 4.78 is 5.83. The summed E-state index contributed by atoms with van der Waals surface area (Å²) in [4.78, 5) is 26.4. The lowest BCUT2D eigenvalue weighted by atomic mass is 10.2. The molecular formula is C20H16N4O2S2. The highest BCUT2D eigenvalue weighted by molar-refractivity contribution is 7.17. The summed E-state index contributed by atoms with van der Waals surface area (Å²) in [6, 6.07) is 13.0. The Kier molecular flexibility index (Phi) is 5.41. The monoisotopic (exact) mass is 408 g/mol. The van der Waals surface area contributed by atoms with Gasteiger partial charge in [-0.2, -0.15) is 0 Å². The van der Waals surface area contributed by atoms with E-state index in [-0.39, 0.29) is 5.91 Å². The summed E-state index contributed by atoms with van der Waals surface area (Å²) in [5.74, 6) is 0.373. The predicted molar refractivity (Wildman–Crippen MR) is 111 cm³/mol. The molecule has 1 N–H and O–H groups in total. The van der Waals surface area contributed by atoms with Gasteiger partial charge in [0.25, 0.3) is 5.91 Å². The fourth-order valence-corrected chi connectivity index (χ4v) is 4.02. The number of ether oxygens (including phenoxy) is 1. The summed E-state index contributed by atoms with van der Waals surface area (Å²) in [7, 11) is 0. The Bertz CT molecular complexity index is 1080. The fraction of sp³-hybridized carbons (Fsp3) is 0.100. The molecule has 0 atom stereocenters. The molecule has 0 saturated carbocycles. The summed E-state index contributed by atoms with van der Waals surface area (Å²) in [6.07, 6.45) is 1.71. The van der Waals surface area contributed by atoms with E-state index in [0.29, 0.717) is 28.6 Å². The minimum atomic E-state index is -0.220. The molecule has 0 fully saturated rings. The molecule has 8 heteroatoms. The van der Waals surface area contributed by atoms with Crippen molar-refractivity contribution in [2.75, 3.05) is 5.32 Å². The van der Waals surface area contributed by atoms with Gasteiger partial charge in [-0.05, 0) is 31.2 Å². The molecule has 1 amide bonds. The van der Waals surface area contributed by atoms with Gasteiger partial charge in [-0.1, -0.05) is 18.2 Å². The van der Waals surface area contributed by atoms with Gasteiger partial charge in [-0.3, -0.25) is 9.78 Å². The van der Waals surface area contributed by atoms with Crippen molar-refractivity contribution in [3.05, 3.63) is 75.8 Å². The number of nitrogens with one attached hydrogen (secondary N) is 1. The number of para-hydroxylation sites is 2. The van der Waals surface area contributed by atoms with Gasteiger partial charge in [0, 0.05) is 11.6 Å². The van der Waals surface area contributed by atoms with Crippen LogP contribution in [0.4, 0.5) is 5.69 Å². The van der Waals surface area contributed by atoms with Crippen molar-refractivity contribution in [1.29, 1.82) is 0 Å². The summed E-state index contributed by atoms with van der Waals surface area (Å²) in [5.41, 5.74) is 4.64. The van der Waals surface area contributed by atoms with E-state index in [1.54, 1.807) is 11.7 Å². The third kappa shape index (κ3) is 4.08. The van der Waals surface area contributed by atoms with Gasteiger partial charge in [0.2, 0.25) is 0 Å². The first kappa shape index (κ1) is 18.3. The highest BCUT2D eigenvalue weighted by Crippen LogP contribution is 2.29. The van der Waals surface area contributed by atoms with E-state index in [1.807, 2.05) is 54.8 Å². The van der Waals surface area contributed by atoms with Crippen molar-refractivity contribution in [1.82, 2.24) is 15.0 Å². The van der Waals surface area contributed by atoms with E-state index in [9.17, 15) is 4.79 Å². The summed E-state index contributed by atoms with van der Waals surface area (Å²) >= 11 is 2.84. The molecule has 0 radical (unpaired) electrons. The quantitative estimate of drug-likeness (QED) is 0.496. The zero-order chi connectivity index (χ0) is 19.3. The Morgan fingerprint density at radius 3 is 2.79 bits per heavy atom. The van der Waals surface area contributed by atoms with Crippen LogP contribution in [0.15, 0.2) is 59.6 Å². The minimum Gasteiger partial charge on any atom is -0.485 e. The first-order valence-corrected chi connectivity index (χ1v) is 10.3. The molecule has 6 nitrogen and oxygen atoms in total. The number of carbonyl (C=O) groups is 1. The maximum Gasteiger partial charge on any atom is 0.267 e. The number of rotatable bonds is 6. The van der Waals surface area contributed by atoms with Crippen LogP contribution in [-0.2, 0) is 6.61 Å². The molecule has 3 heterocycles. The normalized spacial score (nSPS) is 10.6. The number of thiazole rings is 2. The van der Waals surface area contributed by atoms with Crippen LogP contribution in [0.1, 0.15) is 21.1 Å². The maximum absolute atomic E-state index is 12.8. The number of benzene rings is 1. The third-order valence-corrected chi connectivity index (χ3v) is 5.70. The zero-order valence-electron chi connectivity index (χ0n) is 15.0.